The molecule has 2 rings (SSSR count). The maximum atomic E-state index is 11.3. The topological polar surface area (TPSA) is 113 Å². The first-order valence-corrected chi connectivity index (χ1v) is 6.90. The first kappa shape index (κ1) is 13.4. The zero-order chi connectivity index (χ0) is 14.0. The standard InChI is InChI=1S/C10H13N5O3S/c1-7-5-8(3-4-9(7)19(11,16)17)18-6-10-12-14-15(2)13-10/h3-5H,6H2,1-2H3,(H2,11,16,17). The third kappa shape index (κ3) is 3.26. The second kappa shape index (κ2) is 4.94. The lowest BCUT2D eigenvalue weighted by molar-refractivity contribution is 0.295. The van der Waals surface area contributed by atoms with Gasteiger partial charge in [0.2, 0.25) is 15.8 Å². The molecule has 1 aromatic carbocycles. The zero-order valence-electron chi connectivity index (χ0n) is 10.4. The van der Waals surface area contributed by atoms with Crippen molar-refractivity contribution in [1.29, 1.82) is 0 Å². The summed E-state index contributed by atoms with van der Waals surface area (Å²) < 4.78 is 27.9. The summed E-state index contributed by atoms with van der Waals surface area (Å²) in [6.07, 6.45) is 0. The van der Waals surface area contributed by atoms with Crippen molar-refractivity contribution in [2.75, 3.05) is 0 Å². The molecule has 0 aliphatic rings. The fraction of sp³-hybridized carbons (Fsp3) is 0.300. The number of hydrogen-bond donors (Lipinski definition) is 1. The number of primary sulfonamides is 1. The predicted molar refractivity (Wildman–Crippen MR) is 65.7 cm³/mol. The number of hydrogen-bond acceptors (Lipinski definition) is 6. The summed E-state index contributed by atoms with van der Waals surface area (Å²) in [4.78, 5) is 1.41. The number of ether oxygens (including phenoxy) is 1. The van der Waals surface area contributed by atoms with Crippen LogP contribution in [0.5, 0.6) is 5.75 Å². The van der Waals surface area contributed by atoms with Gasteiger partial charge in [0.1, 0.15) is 5.75 Å². The van der Waals surface area contributed by atoms with Crippen LogP contribution in [0.25, 0.3) is 0 Å². The van der Waals surface area contributed by atoms with Crippen molar-refractivity contribution in [3.63, 3.8) is 0 Å². The molecule has 0 saturated carbocycles. The van der Waals surface area contributed by atoms with Crippen LogP contribution < -0.4 is 9.88 Å². The van der Waals surface area contributed by atoms with Crippen molar-refractivity contribution in [2.45, 2.75) is 18.4 Å². The van der Waals surface area contributed by atoms with E-state index in [1.807, 2.05) is 0 Å². The lowest BCUT2D eigenvalue weighted by atomic mass is 10.2. The Morgan fingerprint density at radius 3 is 2.68 bits per heavy atom. The minimum absolute atomic E-state index is 0.0810. The summed E-state index contributed by atoms with van der Waals surface area (Å²) in [5.41, 5.74) is 0.520. The molecule has 1 heterocycles. The lowest BCUT2D eigenvalue weighted by Crippen LogP contribution is -2.13. The Kier molecular flexibility index (Phi) is 3.49. The first-order valence-electron chi connectivity index (χ1n) is 5.35. The molecule has 0 aliphatic heterocycles. The molecule has 0 radical (unpaired) electrons. The number of nitrogens with two attached hydrogens (primary N) is 1. The van der Waals surface area contributed by atoms with E-state index in [0.29, 0.717) is 17.1 Å². The van der Waals surface area contributed by atoms with E-state index in [1.54, 1.807) is 20.0 Å². The van der Waals surface area contributed by atoms with Crippen molar-refractivity contribution in [3.8, 4) is 5.75 Å². The average molecular weight is 283 g/mol. The van der Waals surface area contributed by atoms with E-state index in [-0.39, 0.29) is 11.5 Å². The van der Waals surface area contributed by atoms with Crippen molar-refractivity contribution in [2.24, 2.45) is 12.2 Å². The van der Waals surface area contributed by atoms with E-state index >= 15 is 0 Å². The van der Waals surface area contributed by atoms with Crippen LogP contribution in [0.1, 0.15) is 11.4 Å². The van der Waals surface area contributed by atoms with Gasteiger partial charge in [0.25, 0.3) is 0 Å². The minimum Gasteiger partial charge on any atom is -0.485 e. The number of nitrogens with zero attached hydrogens (tertiary/aromatic N) is 4. The maximum absolute atomic E-state index is 11.3. The van der Waals surface area contributed by atoms with Crippen LogP contribution in [0.15, 0.2) is 23.1 Å². The Bertz CT molecular complexity index is 695. The molecule has 0 fully saturated rings. The Morgan fingerprint density at radius 2 is 2.16 bits per heavy atom. The third-order valence-corrected chi connectivity index (χ3v) is 3.44. The fourth-order valence-corrected chi connectivity index (χ4v) is 2.33. The Labute approximate surface area is 110 Å². The SMILES string of the molecule is Cc1cc(OCc2nnn(C)n2)ccc1S(N)(=O)=O. The average Bonchev–Trinajstić information content (AvgIpc) is 2.71. The number of benzene rings is 1. The van der Waals surface area contributed by atoms with Gasteiger partial charge in [-0.3, -0.25) is 0 Å². The molecule has 2 aromatic rings. The monoisotopic (exact) mass is 283 g/mol. The van der Waals surface area contributed by atoms with E-state index in [9.17, 15) is 8.42 Å². The second-order valence-corrected chi connectivity index (χ2v) is 5.49. The lowest BCUT2D eigenvalue weighted by Gasteiger charge is -2.07. The summed E-state index contributed by atoms with van der Waals surface area (Å²) in [6, 6.07) is 4.53. The van der Waals surface area contributed by atoms with Gasteiger partial charge in [-0.15, -0.1) is 10.2 Å². The van der Waals surface area contributed by atoms with Gasteiger partial charge in [0, 0.05) is 0 Å². The molecule has 0 unspecified atom stereocenters. The first-order chi connectivity index (χ1) is 8.86. The summed E-state index contributed by atoms with van der Waals surface area (Å²) in [6.45, 7) is 1.80. The van der Waals surface area contributed by atoms with Gasteiger partial charge in [-0.05, 0) is 35.9 Å². The number of sulfonamides is 1. The highest BCUT2D eigenvalue weighted by atomic mass is 32.2. The van der Waals surface area contributed by atoms with Gasteiger partial charge in [-0.1, -0.05) is 0 Å². The number of aromatic nitrogens is 4. The van der Waals surface area contributed by atoms with Crippen molar-refractivity contribution >= 4 is 10.0 Å². The third-order valence-electron chi connectivity index (χ3n) is 2.37. The van der Waals surface area contributed by atoms with Crippen LogP contribution >= 0.6 is 0 Å². The van der Waals surface area contributed by atoms with Crippen LogP contribution in [-0.2, 0) is 23.7 Å². The van der Waals surface area contributed by atoms with Crippen LogP contribution in [0.2, 0.25) is 0 Å². The molecule has 0 aliphatic carbocycles. The summed E-state index contributed by atoms with van der Waals surface area (Å²) in [5, 5.41) is 16.5. The summed E-state index contributed by atoms with van der Waals surface area (Å²) in [7, 11) is -2.05. The molecule has 19 heavy (non-hydrogen) atoms. The van der Waals surface area contributed by atoms with E-state index in [1.165, 1.54) is 16.9 Å². The smallest absolute Gasteiger partial charge is 0.238 e. The van der Waals surface area contributed by atoms with Crippen molar-refractivity contribution in [3.05, 3.63) is 29.6 Å². The number of rotatable bonds is 4. The van der Waals surface area contributed by atoms with E-state index in [2.05, 4.69) is 15.4 Å². The number of aryl methyl sites for hydroxylation is 2. The molecule has 0 spiro atoms. The Morgan fingerprint density at radius 1 is 1.42 bits per heavy atom. The van der Waals surface area contributed by atoms with Crippen molar-refractivity contribution in [1.82, 2.24) is 20.2 Å². The fourth-order valence-electron chi connectivity index (χ4n) is 1.56. The molecular weight excluding hydrogens is 270 g/mol. The van der Waals surface area contributed by atoms with Crippen LogP contribution in [0.4, 0.5) is 0 Å². The quantitative estimate of drug-likeness (QED) is 0.827. The predicted octanol–water partition coefficient (Wildman–Crippen LogP) is -0.255. The molecular formula is C10H13N5O3S. The van der Waals surface area contributed by atoms with E-state index in [0.717, 1.165) is 0 Å². The molecule has 0 bridgehead atoms. The Balaban J connectivity index is 2.12. The minimum atomic E-state index is -3.71. The molecule has 1 aromatic heterocycles. The van der Waals surface area contributed by atoms with E-state index in [4.69, 9.17) is 9.88 Å². The van der Waals surface area contributed by atoms with Crippen molar-refractivity contribution < 1.29 is 13.2 Å². The molecule has 102 valence electrons. The molecule has 0 amide bonds. The highest BCUT2D eigenvalue weighted by Crippen LogP contribution is 2.20. The normalized spacial score (nSPS) is 11.5. The van der Waals surface area contributed by atoms with Crippen LogP contribution in [0, 0.1) is 6.92 Å². The van der Waals surface area contributed by atoms with Gasteiger partial charge in [0.05, 0.1) is 11.9 Å². The largest absolute Gasteiger partial charge is 0.485 e. The summed E-state index contributed by atoms with van der Waals surface area (Å²) in [5.74, 6) is 0.952. The molecule has 2 N–H and O–H groups in total. The van der Waals surface area contributed by atoms with Gasteiger partial charge < -0.3 is 4.74 Å². The van der Waals surface area contributed by atoms with Gasteiger partial charge in [0.15, 0.2) is 6.61 Å². The highest BCUT2D eigenvalue weighted by molar-refractivity contribution is 7.89. The highest BCUT2D eigenvalue weighted by Gasteiger charge is 2.12. The van der Waals surface area contributed by atoms with E-state index < -0.39 is 10.0 Å². The van der Waals surface area contributed by atoms with Gasteiger partial charge >= 0.3 is 0 Å². The maximum Gasteiger partial charge on any atom is 0.238 e. The number of tetrazole rings is 1. The van der Waals surface area contributed by atoms with Gasteiger partial charge in [-0.25, -0.2) is 13.6 Å². The second-order valence-electron chi connectivity index (χ2n) is 3.96. The zero-order valence-corrected chi connectivity index (χ0v) is 11.3. The van der Waals surface area contributed by atoms with Crippen LogP contribution in [0.3, 0.4) is 0 Å². The molecule has 9 heteroatoms. The van der Waals surface area contributed by atoms with Gasteiger partial charge in [-0.2, -0.15) is 4.80 Å². The Hall–Kier alpha value is -2.00. The molecule has 8 nitrogen and oxygen atoms in total. The molecule has 0 saturated heterocycles. The summed E-state index contributed by atoms with van der Waals surface area (Å²) >= 11 is 0. The molecule has 0 atom stereocenters. The van der Waals surface area contributed by atoms with Crippen LogP contribution in [-0.4, -0.2) is 28.6 Å².